The first kappa shape index (κ1) is 15.2. The van der Waals surface area contributed by atoms with Crippen molar-refractivity contribution in [3.63, 3.8) is 0 Å². The van der Waals surface area contributed by atoms with Gasteiger partial charge in [-0.15, -0.1) is 0 Å². The molecule has 1 aromatic carbocycles. The number of nitrogens with two attached hydrogens (primary N) is 1. The Balaban J connectivity index is 2.64. The van der Waals surface area contributed by atoms with E-state index < -0.39 is 0 Å². The summed E-state index contributed by atoms with van der Waals surface area (Å²) in [5, 5.41) is 0. The molecule has 0 radical (unpaired) electrons. The molecule has 0 saturated heterocycles. The van der Waals surface area contributed by atoms with Crippen molar-refractivity contribution >= 4 is 0 Å². The minimum atomic E-state index is 0.673. The Morgan fingerprint density at radius 2 is 1.72 bits per heavy atom. The molecule has 0 fully saturated rings. The molecule has 0 spiro atoms. The van der Waals surface area contributed by atoms with Gasteiger partial charge >= 0.3 is 0 Å². The van der Waals surface area contributed by atoms with Crippen molar-refractivity contribution in [3.8, 4) is 0 Å². The van der Waals surface area contributed by atoms with Gasteiger partial charge in [0.25, 0.3) is 0 Å². The molecule has 0 heterocycles. The second-order valence-electron chi connectivity index (χ2n) is 5.74. The van der Waals surface area contributed by atoms with Gasteiger partial charge in [0, 0.05) is 13.1 Å². The fraction of sp³-hybridized carbons (Fsp3) is 0.625. The van der Waals surface area contributed by atoms with Gasteiger partial charge in [0.2, 0.25) is 0 Å². The van der Waals surface area contributed by atoms with Crippen LogP contribution >= 0.6 is 0 Å². The highest BCUT2D eigenvalue weighted by atomic mass is 15.1. The lowest BCUT2D eigenvalue weighted by Gasteiger charge is -2.22. The molecule has 2 nitrogen and oxygen atoms in total. The molecular formula is C16H28N2. The summed E-state index contributed by atoms with van der Waals surface area (Å²) in [6.45, 7) is 11.8. The highest BCUT2D eigenvalue weighted by Gasteiger charge is 2.08. The lowest BCUT2D eigenvalue weighted by Crippen LogP contribution is -2.25. The number of benzene rings is 1. The van der Waals surface area contributed by atoms with Crippen LogP contribution in [-0.2, 0) is 6.54 Å². The van der Waals surface area contributed by atoms with Gasteiger partial charge in [0.15, 0.2) is 0 Å². The van der Waals surface area contributed by atoms with Crippen LogP contribution in [0.2, 0.25) is 0 Å². The SMILES string of the molecule is Cc1cc(C)c(CN(C)CC(C)CCN)cc1C. The van der Waals surface area contributed by atoms with Gasteiger partial charge in [-0.25, -0.2) is 0 Å². The Kier molecular flexibility index (Phi) is 5.83. The zero-order chi connectivity index (χ0) is 13.7. The largest absolute Gasteiger partial charge is 0.330 e. The van der Waals surface area contributed by atoms with Crippen molar-refractivity contribution in [2.24, 2.45) is 11.7 Å². The van der Waals surface area contributed by atoms with E-state index in [-0.39, 0.29) is 0 Å². The zero-order valence-corrected chi connectivity index (χ0v) is 12.6. The predicted octanol–water partition coefficient (Wildman–Crippen LogP) is 3.03. The van der Waals surface area contributed by atoms with Crippen LogP contribution in [0.4, 0.5) is 0 Å². The van der Waals surface area contributed by atoms with E-state index in [0.29, 0.717) is 5.92 Å². The number of hydrogen-bond acceptors (Lipinski definition) is 2. The van der Waals surface area contributed by atoms with Crippen molar-refractivity contribution in [2.75, 3.05) is 20.1 Å². The van der Waals surface area contributed by atoms with Crippen LogP contribution in [0, 0.1) is 26.7 Å². The summed E-state index contributed by atoms with van der Waals surface area (Å²) in [5.74, 6) is 0.673. The average Bonchev–Trinajstić information content (AvgIpc) is 2.26. The van der Waals surface area contributed by atoms with Gasteiger partial charge in [-0.3, -0.25) is 0 Å². The van der Waals surface area contributed by atoms with Crippen molar-refractivity contribution in [3.05, 3.63) is 34.4 Å². The molecule has 0 saturated carbocycles. The number of hydrogen-bond donors (Lipinski definition) is 1. The van der Waals surface area contributed by atoms with Gasteiger partial charge in [0.1, 0.15) is 0 Å². The van der Waals surface area contributed by atoms with E-state index in [1.165, 1.54) is 22.3 Å². The van der Waals surface area contributed by atoms with Crippen LogP contribution < -0.4 is 5.73 Å². The van der Waals surface area contributed by atoms with Gasteiger partial charge in [0.05, 0.1) is 0 Å². The van der Waals surface area contributed by atoms with E-state index in [0.717, 1.165) is 26.1 Å². The van der Waals surface area contributed by atoms with E-state index in [9.17, 15) is 0 Å². The highest BCUT2D eigenvalue weighted by Crippen LogP contribution is 2.17. The minimum Gasteiger partial charge on any atom is -0.330 e. The number of rotatable bonds is 6. The van der Waals surface area contributed by atoms with Crippen LogP contribution in [0.15, 0.2) is 12.1 Å². The standard InChI is InChI=1S/C16H28N2/c1-12(6-7-17)10-18(5)11-16-9-14(3)13(2)8-15(16)4/h8-9,12H,6-7,10-11,17H2,1-5H3. The molecule has 0 aliphatic rings. The predicted molar refractivity (Wildman–Crippen MR) is 79.8 cm³/mol. The summed E-state index contributed by atoms with van der Waals surface area (Å²) < 4.78 is 0. The van der Waals surface area contributed by atoms with E-state index in [1.54, 1.807) is 0 Å². The second kappa shape index (κ2) is 6.91. The third-order valence-corrected chi connectivity index (χ3v) is 3.68. The maximum Gasteiger partial charge on any atom is 0.0233 e. The molecule has 0 aliphatic carbocycles. The first-order valence-electron chi connectivity index (χ1n) is 6.89. The summed E-state index contributed by atoms with van der Waals surface area (Å²) in [6.07, 6.45) is 1.11. The molecule has 1 rings (SSSR count). The third-order valence-electron chi connectivity index (χ3n) is 3.68. The van der Waals surface area contributed by atoms with Gasteiger partial charge in [-0.05, 0) is 69.0 Å². The van der Waals surface area contributed by atoms with Crippen LogP contribution in [0.1, 0.15) is 35.6 Å². The van der Waals surface area contributed by atoms with Gasteiger partial charge in [-0.2, -0.15) is 0 Å². The summed E-state index contributed by atoms with van der Waals surface area (Å²) in [6, 6.07) is 4.62. The van der Waals surface area contributed by atoms with Crippen LogP contribution in [0.5, 0.6) is 0 Å². The monoisotopic (exact) mass is 248 g/mol. The van der Waals surface area contributed by atoms with Crippen molar-refractivity contribution in [2.45, 2.75) is 40.7 Å². The fourth-order valence-electron chi connectivity index (χ4n) is 2.45. The Bertz CT molecular complexity index is 385. The molecule has 102 valence electrons. The molecule has 0 amide bonds. The Labute approximate surface area is 112 Å². The van der Waals surface area contributed by atoms with Crippen molar-refractivity contribution < 1.29 is 0 Å². The molecule has 2 heteroatoms. The normalized spacial score (nSPS) is 13.1. The van der Waals surface area contributed by atoms with E-state index in [2.05, 4.69) is 51.8 Å². The van der Waals surface area contributed by atoms with Gasteiger partial charge < -0.3 is 10.6 Å². The van der Waals surface area contributed by atoms with Crippen LogP contribution in [0.25, 0.3) is 0 Å². The average molecular weight is 248 g/mol. The first-order valence-corrected chi connectivity index (χ1v) is 6.89. The fourth-order valence-corrected chi connectivity index (χ4v) is 2.45. The number of nitrogens with zero attached hydrogens (tertiary/aromatic N) is 1. The number of aryl methyl sites for hydroxylation is 3. The molecule has 0 aliphatic heterocycles. The minimum absolute atomic E-state index is 0.673. The molecule has 1 aromatic rings. The molecule has 0 aromatic heterocycles. The molecule has 1 unspecified atom stereocenters. The van der Waals surface area contributed by atoms with Gasteiger partial charge in [-0.1, -0.05) is 19.1 Å². The summed E-state index contributed by atoms with van der Waals surface area (Å²) in [7, 11) is 2.20. The Hall–Kier alpha value is -0.860. The summed E-state index contributed by atoms with van der Waals surface area (Å²) in [5.41, 5.74) is 11.2. The van der Waals surface area contributed by atoms with E-state index in [1.807, 2.05) is 0 Å². The maximum absolute atomic E-state index is 5.60. The molecule has 1 atom stereocenters. The Morgan fingerprint density at radius 1 is 1.11 bits per heavy atom. The molecule has 0 bridgehead atoms. The maximum atomic E-state index is 5.60. The smallest absolute Gasteiger partial charge is 0.0233 e. The topological polar surface area (TPSA) is 29.3 Å². The first-order chi connectivity index (χ1) is 8.43. The highest BCUT2D eigenvalue weighted by molar-refractivity contribution is 5.36. The van der Waals surface area contributed by atoms with E-state index in [4.69, 9.17) is 5.73 Å². The molecular weight excluding hydrogens is 220 g/mol. The Morgan fingerprint density at radius 3 is 2.33 bits per heavy atom. The summed E-state index contributed by atoms with van der Waals surface area (Å²) >= 11 is 0. The van der Waals surface area contributed by atoms with Crippen LogP contribution in [-0.4, -0.2) is 25.0 Å². The molecule has 2 N–H and O–H groups in total. The zero-order valence-electron chi connectivity index (χ0n) is 12.6. The summed E-state index contributed by atoms with van der Waals surface area (Å²) in [4.78, 5) is 2.40. The van der Waals surface area contributed by atoms with Crippen molar-refractivity contribution in [1.29, 1.82) is 0 Å². The second-order valence-corrected chi connectivity index (χ2v) is 5.74. The van der Waals surface area contributed by atoms with Crippen LogP contribution in [0.3, 0.4) is 0 Å². The molecule has 18 heavy (non-hydrogen) atoms. The third kappa shape index (κ3) is 4.43. The van der Waals surface area contributed by atoms with E-state index >= 15 is 0 Å². The lowest BCUT2D eigenvalue weighted by molar-refractivity contribution is 0.272. The lowest BCUT2D eigenvalue weighted by atomic mass is 10.00. The van der Waals surface area contributed by atoms with Crippen molar-refractivity contribution in [1.82, 2.24) is 4.90 Å². The quantitative estimate of drug-likeness (QED) is 0.838.